The molecule has 0 aliphatic carbocycles. The lowest BCUT2D eigenvalue weighted by atomic mass is 10.0. The Balaban J connectivity index is 1.88. The van der Waals surface area contributed by atoms with Crippen LogP contribution in [0, 0.1) is 5.95 Å². The molecule has 0 spiro atoms. The number of phenols is 1. The summed E-state index contributed by atoms with van der Waals surface area (Å²) in [6.45, 7) is 7.64. The highest BCUT2D eigenvalue weighted by molar-refractivity contribution is 6.10. The van der Waals surface area contributed by atoms with E-state index in [0.717, 1.165) is 31.8 Å². The Hall–Kier alpha value is -2.96. The number of likely N-dealkylation sites (tertiary alicyclic amines) is 1. The predicted octanol–water partition coefficient (Wildman–Crippen LogP) is 3.33. The number of halogens is 1. The molecule has 7 heteroatoms. The molecule has 1 fully saturated rings. The number of aromatic hydroxyl groups is 1. The van der Waals surface area contributed by atoms with E-state index in [9.17, 15) is 9.50 Å². The lowest BCUT2D eigenvalue weighted by Crippen LogP contribution is -2.24. The number of aromatic amines is 1. The van der Waals surface area contributed by atoms with Crippen molar-refractivity contribution in [2.75, 3.05) is 13.1 Å². The van der Waals surface area contributed by atoms with Gasteiger partial charge in [-0.25, -0.2) is 0 Å². The second-order valence-electron chi connectivity index (χ2n) is 5.86. The smallest absolute Gasteiger partial charge is 0.216 e. The summed E-state index contributed by atoms with van der Waals surface area (Å²) in [4.78, 5) is 2.18. The second kappa shape index (κ2) is 7.29. The average Bonchev–Trinajstić information content (AvgIpc) is 3.28. The molecule has 25 heavy (non-hydrogen) atoms. The quantitative estimate of drug-likeness (QED) is 0.509. The number of aromatic nitrogens is 2. The summed E-state index contributed by atoms with van der Waals surface area (Å²) < 4.78 is 13.6. The van der Waals surface area contributed by atoms with Crippen LogP contribution in [0.5, 0.6) is 5.75 Å². The van der Waals surface area contributed by atoms with Crippen LogP contribution in [0.1, 0.15) is 25.3 Å². The summed E-state index contributed by atoms with van der Waals surface area (Å²) in [5.74, 6) is 0.273. The SMILES string of the molecule is C=C/C(=N\N=C(/C)N1CCCC1)c1ccc(-c2cn[nH]c2F)cc1O. The Bertz CT molecular complexity index is 834. The Morgan fingerprint density at radius 1 is 1.36 bits per heavy atom. The molecule has 0 saturated carbocycles. The maximum Gasteiger partial charge on any atom is 0.216 e. The lowest BCUT2D eigenvalue weighted by molar-refractivity contribution is 0.474. The van der Waals surface area contributed by atoms with Crippen LogP contribution < -0.4 is 0 Å². The molecule has 1 aliphatic rings. The third kappa shape index (κ3) is 3.60. The Morgan fingerprint density at radius 2 is 2.12 bits per heavy atom. The fourth-order valence-electron chi connectivity index (χ4n) is 2.82. The zero-order valence-corrected chi connectivity index (χ0v) is 14.0. The van der Waals surface area contributed by atoms with Crippen LogP contribution in [0.25, 0.3) is 11.1 Å². The Labute approximate surface area is 145 Å². The van der Waals surface area contributed by atoms with Gasteiger partial charge in [-0.2, -0.15) is 9.49 Å². The van der Waals surface area contributed by atoms with Gasteiger partial charge in [0.1, 0.15) is 11.6 Å². The van der Waals surface area contributed by atoms with Gasteiger partial charge in [0.2, 0.25) is 5.95 Å². The van der Waals surface area contributed by atoms with E-state index in [1.54, 1.807) is 12.1 Å². The molecular formula is C18H20FN5O. The molecule has 2 aromatic rings. The summed E-state index contributed by atoms with van der Waals surface area (Å²) >= 11 is 0. The lowest BCUT2D eigenvalue weighted by Gasteiger charge is -2.15. The van der Waals surface area contributed by atoms with Crippen molar-refractivity contribution in [3.63, 3.8) is 0 Å². The van der Waals surface area contributed by atoms with Gasteiger partial charge in [-0.15, -0.1) is 10.2 Å². The first kappa shape index (κ1) is 16.9. The number of hydrogen-bond donors (Lipinski definition) is 2. The average molecular weight is 341 g/mol. The first-order valence-corrected chi connectivity index (χ1v) is 8.12. The van der Waals surface area contributed by atoms with E-state index < -0.39 is 5.95 Å². The van der Waals surface area contributed by atoms with Crippen molar-refractivity contribution in [2.45, 2.75) is 19.8 Å². The van der Waals surface area contributed by atoms with Crippen molar-refractivity contribution in [1.29, 1.82) is 0 Å². The third-order valence-corrected chi connectivity index (χ3v) is 4.24. The molecule has 0 unspecified atom stereocenters. The van der Waals surface area contributed by atoms with Crippen LogP contribution in [0.2, 0.25) is 0 Å². The number of nitrogens with zero attached hydrogens (tertiary/aromatic N) is 4. The molecule has 1 aromatic heterocycles. The molecule has 0 amide bonds. The van der Waals surface area contributed by atoms with Crippen molar-refractivity contribution >= 4 is 11.5 Å². The standard InChI is InChI=1S/C18H20FN5O/c1-3-16(22-21-12(2)24-8-4-5-9-24)14-7-6-13(10-17(14)25)15-11-20-23-18(15)19/h3,6-7,10-11,25H,1,4-5,8-9H2,2H3,(H,20,23)/b21-12+,22-16+. The van der Waals surface area contributed by atoms with Gasteiger partial charge < -0.3 is 10.0 Å². The maximum atomic E-state index is 13.6. The van der Waals surface area contributed by atoms with Crippen LogP contribution in [0.3, 0.4) is 0 Å². The van der Waals surface area contributed by atoms with Gasteiger partial charge in [0.25, 0.3) is 0 Å². The number of H-pyrrole nitrogens is 1. The molecule has 0 radical (unpaired) electrons. The molecule has 3 rings (SSSR count). The first-order chi connectivity index (χ1) is 12.1. The van der Waals surface area contributed by atoms with Gasteiger partial charge in [-0.3, -0.25) is 5.10 Å². The minimum Gasteiger partial charge on any atom is -0.507 e. The van der Waals surface area contributed by atoms with Crippen molar-refractivity contribution in [1.82, 2.24) is 15.1 Å². The number of benzene rings is 1. The van der Waals surface area contributed by atoms with Gasteiger partial charge in [0.05, 0.1) is 17.5 Å². The van der Waals surface area contributed by atoms with E-state index in [2.05, 4.69) is 31.9 Å². The highest BCUT2D eigenvalue weighted by atomic mass is 19.1. The topological polar surface area (TPSA) is 76.9 Å². The van der Waals surface area contributed by atoms with Crippen LogP contribution in [0.4, 0.5) is 4.39 Å². The first-order valence-electron chi connectivity index (χ1n) is 8.12. The number of rotatable bonds is 4. The Morgan fingerprint density at radius 3 is 2.72 bits per heavy atom. The van der Waals surface area contributed by atoms with E-state index in [1.165, 1.54) is 18.3 Å². The number of phenolic OH excluding ortho intramolecular Hbond substituents is 1. The summed E-state index contributed by atoms with van der Waals surface area (Å²) in [5, 5.41) is 24.7. The van der Waals surface area contributed by atoms with Crippen molar-refractivity contribution < 1.29 is 9.50 Å². The molecule has 1 saturated heterocycles. The number of hydrogen-bond acceptors (Lipinski definition) is 4. The van der Waals surface area contributed by atoms with E-state index in [1.807, 2.05) is 6.92 Å². The van der Waals surface area contributed by atoms with Gasteiger partial charge in [0, 0.05) is 18.7 Å². The molecule has 1 aromatic carbocycles. The fourth-order valence-corrected chi connectivity index (χ4v) is 2.82. The van der Waals surface area contributed by atoms with Gasteiger partial charge in [0.15, 0.2) is 0 Å². The molecule has 6 nitrogen and oxygen atoms in total. The summed E-state index contributed by atoms with van der Waals surface area (Å²) in [6, 6.07) is 4.83. The molecular weight excluding hydrogens is 321 g/mol. The second-order valence-corrected chi connectivity index (χ2v) is 5.86. The molecule has 2 heterocycles. The van der Waals surface area contributed by atoms with Crippen molar-refractivity contribution in [3.8, 4) is 16.9 Å². The minimum absolute atomic E-state index is 0.0224. The normalized spacial score (nSPS) is 15.7. The summed E-state index contributed by atoms with van der Waals surface area (Å²) in [5.41, 5.74) is 1.75. The monoisotopic (exact) mass is 341 g/mol. The van der Waals surface area contributed by atoms with Crippen LogP contribution in [-0.2, 0) is 0 Å². The van der Waals surface area contributed by atoms with Gasteiger partial charge in [-0.1, -0.05) is 12.6 Å². The largest absolute Gasteiger partial charge is 0.507 e. The van der Waals surface area contributed by atoms with Crippen LogP contribution >= 0.6 is 0 Å². The van der Waals surface area contributed by atoms with Crippen LogP contribution in [-0.4, -0.2) is 44.8 Å². The summed E-state index contributed by atoms with van der Waals surface area (Å²) in [7, 11) is 0. The molecule has 1 aliphatic heterocycles. The highest BCUT2D eigenvalue weighted by Crippen LogP contribution is 2.28. The van der Waals surface area contributed by atoms with E-state index in [-0.39, 0.29) is 5.75 Å². The Kier molecular flexibility index (Phi) is 4.92. The molecule has 2 N–H and O–H groups in total. The molecule has 130 valence electrons. The fraction of sp³-hybridized carbons (Fsp3) is 0.278. The predicted molar refractivity (Wildman–Crippen MR) is 96.3 cm³/mol. The van der Waals surface area contributed by atoms with E-state index >= 15 is 0 Å². The summed E-state index contributed by atoms with van der Waals surface area (Å²) in [6.07, 6.45) is 5.24. The maximum absolute atomic E-state index is 13.6. The van der Waals surface area contributed by atoms with E-state index in [0.29, 0.717) is 22.4 Å². The molecule has 0 atom stereocenters. The minimum atomic E-state index is -0.546. The van der Waals surface area contributed by atoms with Crippen LogP contribution in [0.15, 0.2) is 47.3 Å². The zero-order chi connectivity index (χ0) is 17.8. The number of amidine groups is 1. The van der Waals surface area contributed by atoms with Crippen molar-refractivity contribution in [3.05, 3.63) is 48.6 Å². The number of nitrogens with one attached hydrogen (secondary N) is 1. The highest BCUT2D eigenvalue weighted by Gasteiger charge is 2.14. The van der Waals surface area contributed by atoms with Gasteiger partial charge >= 0.3 is 0 Å². The van der Waals surface area contributed by atoms with E-state index in [4.69, 9.17) is 0 Å². The third-order valence-electron chi connectivity index (χ3n) is 4.24. The molecule has 0 bridgehead atoms. The zero-order valence-electron chi connectivity index (χ0n) is 14.0. The number of allylic oxidation sites excluding steroid dienone is 1. The van der Waals surface area contributed by atoms with Crippen molar-refractivity contribution in [2.24, 2.45) is 10.2 Å². The van der Waals surface area contributed by atoms with Gasteiger partial charge in [-0.05, 0) is 43.5 Å².